The fourth-order valence-corrected chi connectivity index (χ4v) is 5.13. The number of nitrogens with one attached hydrogen (secondary N) is 3. The first-order chi connectivity index (χ1) is 21.3. The smallest absolute Gasteiger partial charge is 0.267 e. The number of ether oxygens (including phenoxy) is 2. The number of hydrogen-bond acceptors (Lipinski definition) is 8. The zero-order chi connectivity index (χ0) is 31.1. The van der Waals surface area contributed by atoms with E-state index in [1.807, 2.05) is 30.3 Å². The Bertz CT molecular complexity index is 1620. The van der Waals surface area contributed by atoms with Gasteiger partial charge in [-0.25, -0.2) is 9.97 Å². The number of nitrogens with two attached hydrogens (primary N) is 1. The number of carbonyl (C=O) groups excluding carboxylic acids is 2. The van der Waals surface area contributed by atoms with Crippen molar-refractivity contribution < 1.29 is 19.1 Å². The molecule has 0 saturated carbocycles. The predicted molar refractivity (Wildman–Crippen MR) is 170 cm³/mol. The standard InChI is InChI=1S/C31H33Cl2N7O4/c1-43-18-26(34)29(41)36-15-21-12-19(6-7-25(21)33)23-17-38-31(40-8-10-44-11-9-40)39-28(23)22-13-27(35-16-22)30(42)37-14-20-4-2-3-5-24(20)32/h2-7,12-13,16-17,26,35H,8-11,14-15,18,34H2,1H3,(H,36,41)(H,37,42). The molecule has 1 saturated heterocycles. The number of methoxy groups -OCH3 is 1. The highest BCUT2D eigenvalue weighted by molar-refractivity contribution is 6.31. The molecule has 0 spiro atoms. The van der Waals surface area contributed by atoms with Crippen molar-refractivity contribution in [1.82, 2.24) is 25.6 Å². The van der Waals surface area contributed by atoms with Gasteiger partial charge >= 0.3 is 0 Å². The van der Waals surface area contributed by atoms with Crippen LogP contribution in [0.25, 0.3) is 22.4 Å². The van der Waals surface area contributed by atoms with Crippen molar-refractivity contribution in [2.75, 3.05) is 44.9 Å². The fourth-order valence-electron chi connectivity index (χ4n) is 4.74. The average molecular weight is 639 g/mol. The molecule has 44 heavy (non-hydrogen) atoms. The van der Waals surface area contributed by atoms with Gasteiger partial charge in [-0.15, -0.1) is 0 Å². The fraction of sp³-hybridized carbons (Fsp3) is 0.290. The quantitative estimate of drug-likeness (QED) is 0.194. The van der Waals surface area contributed by atoms with Crippen molar-refractivity contribution in [3.05, 3.63) is 87.8 Å². The van der Waals surface area contributed by atoms with Gasteiger partial charge in [0.25, 0.3) is 5.91 Å². The Balaban J connectivity index is 1.44. The lowest BCUT2D eigenvalue weighted by atomic mass is 10.00. The third-order valence-electron chi connectivity index (χ3n) is 7.16. The number of benzene rings is 2. The summed E-state index contributed by atoms with van der Waals surface area (Å²) >= 11 is 12.7. The second-order valence-corrected chi connectivity index (χ2v) is 11.0. The molecule has 0 radical (unpaired) electrons. The summed E-state index contributed by atoms with van der Waals surface area (Å²) in [5.41, 5.74) is 10.6. The molecule has 230 valence electrons. The lowest BCUT2D eigenvalue weighted by Gasteiger charge is -2.27. The van der Waals surface area contributed by atoms with Crippen molar-refractivity contribution in [3.8, 4) is 22.4 Å². The van der Waals surface area contributed by atoms with E-state index in [1.165, 1.54) is 7.11 Å². The van der Waals surface area contributed by atoms with Crippen LogP contribution in [0.1, 0.15) is 21.6 Å². The number of H-pyrrole nitrogens is 1. The topological polar surface area (TPSA) is 147 Å². The summed E-state index contributed by atoms with van der Waals surface area (Å²) < 4.78 is 10.5. The van der Waals surface area contributed by atoms with Crippen LogP contribution in [0.2, 0.25) is 10.0 Å². The van der Waals surface area contributed by atoms with E-state index in [0.717, 1.165) is 16.7 Å². The molecule has 0 aliphatic carbocycles. The van der Waals surface area contributed by atoms with Crippen molar-refractivity contribution >= 4 is 41.0 Å². The molecule has 11 nitrogen and oxygen atoms in total. The minimum absolute atomic E-state index is 0.104. The van der Waals surface area contributed by atoms with E-state index in [0.29, 0.717) is 64.8 Å². The number of morpholine rings is 1. The molecule has 4 aromatic rings. The summed E-state index contributed by atoms with van der Waals surface area (Å²) in [6.45, 7) is 3.06. The molecule has 13 heteroatoms. The van der Waals surface area contributed by atoms with Gasteiger partial charge in [-0.1, -0.05) is 47.5 Å². The number of rotatable bonds is 11. The lowest BCUT2D eigenvalue weighted by molar-refractivity contribution is -0.123. The van der Waals surface area contributed by atoms with Crippen LogP contribution in [0.15, 0.2) is 60.9 Å². The third-order valence-corrected chi connectivity index (χ3v) is 7.90. The second-order valence-electron chi connectivity index (χ2n) is 10.2. The molecule has 0 bridgehead atoms. The molecule has 5 N–H and O–H groups in total. The number of halogens is 2. The van der Waals surface area contributed by atoms with E-state index in [4.69, 9.17) is 43.4 Å². The van der Waals surface area contributed by atoms with Crippen LogP contribution in [0, 0.1) is 0 Å². The maximum Gasteiger partial charge on any atom is 0.267 e. The van der Waals surface area contributed by atoms with Crippen LogP contribution in [-0.2, 0) is 27.4 Å². The number of carbonyl (C=O) groups is 2. The van der Waals surface area contributed by atoms with Gasteiger partial charge in [0, 0.05) is 66.9 Å². The molecular weight excluding hydrogens is 605 g/mol. The van der Waals surface area contributed by atoms with Crippen molar-refractivity contribution in [2.24, 2.45) is 5.73 Å². The molecule has 1 aliphatic heterocycles. The number of nitrogens with zero attached hydrogens (tertiary/aromatic N) is 3. The minimum Gasteiger partial charge on any atom is -0.383 e. The highest BCUT2D eigenvalue weighted by Crippen LogP contribution is 2.34. The Labute approximate surface area is 265 Å². The molecule has 1 atom stereocenters. The third kappa shape index (κ3) is 7.55. The summed E-state index contributed by atoms with van der Waals surface area (Å²) in [7, 11) is 1.48. The minimum atomic E-state index is -0.792. The van der Waals surface area contributed by atoms with Crippen molar-refractivity contribution in [3.63, 3.8) is 0 Å². The van der Waals surface area contributed by atoms with E-state index in [-0.39, 0.29) is 31.5 Å². The van der Waals surface area contributed by atoms with Crippen LogP contribution in [0.4, 0.5) is 5.95 Å². The number of aromatic nitrogens is 3. The monoisotopic (exact) mass is 637 g/mol. The average Bonchev–Trinajstić information content (AvgIpc) is 3.54. The Hall–Kier alpha value is -4.00. The number of hydrogen-bond donors (Lipinski definition) is 4. The van der Waals surface area contributed by atoms with E-state index in [2.05, 4.69) is 25.5 Å². The predicted octanol–water partition coefficient (Wildman–Crippen LogP) is 3.80. The summed E-state index contributed by atoms with van der Waals surface area (Å²) in [4.78, 5) is 40.2. The molecule has 2 aromatic carbocycles. The van der Waals surface area contributed by atoms with Gasteiger partial charge < -0.3 is 35.7 Å². The Kier molecular flexibility index (Phi) is 10.5. The molecule has 1 unspecified atom stereocenters. The summed E-state index contributed by atoms with van der Waals surface area (Å²) in [6, 6.07) is 13.8. The number of aromatic amines is 1. The Morgan fingerprint density at radius 1 is 1.05 bits per heavy atom. The SMILES string of the molecule is COCC(N)C(=O)NCc1cc(-c2cnc(N3CCOCC3)nc2-c2c[nH]c(C(=O)NCc3ccccc3Cl)c2)ccc1Cl. The van der Waals surface area contributed by atoms with Crippen LogP contribution in [0.5, 0.6) is 0 Å². The number of amides is 2. The Morgan fingerprint density at radius 2 is 1.80 bits per heavy atom. The molecule has 2 amide bonds. The molecule has 5 rings (SSSR count). The van der Waals surface area contributed by atoms with Gasteiger partial charge in [0.1, 0.15) is 11.7 Å². The highest BCUT2D eigenvalue weighted by Gasteiger charge is 2.21. The van der Waals surface area contributed by atoms with Crippen LogP contribution in [-0.4, -0.2) is 72.8 Å². The van der Waals surface area contributed by atoms with Gasteiger partial charge in [0.15, 0.2) is 0 Å². The summed E-state index contributed by atoms with van der Waals surface area (Å²) in [5, 5.41) is 6.79. The second kappa shape index (κ2) is 14.7. The molecule has 3 heterocycles. The molecule has 1 fully saturated rings. The lowest BCUT2D eigenvalue weighted by Crippen LogP contribution is -2.43. The van der Waals surface area contributed by atoms with Crippen LogP contribution < -0.4 is 21.3 Å². The summed E-state index contributed by atoms with van der Waals surface area (Å²) in [5.74, 6) is -0.0668. The zero-order valence-electron chi connectivity index (χ0n) is 24.1. The van der Waals surface area contributed by atoms with Crippen molar-refractivity contribution in [1.29, 1.82) is 0 Å². The Morgan fingerprint density at radius 3 is 2.57 bits per heavy atom. The zero-order valence-corrected chi connectivity index (χ0v) is 25.6. The van der Waals surface area contributed by atoms with Crippen molar-refractivity contribution in [2.45, 2.75) is 19.1 Å². The van der Waals surface area contributed by atoms with Gasteiger partial charge in [-0.3, -0.25) is 9.59 Å². The normalized spacial score (nSPS) is 13.9. The van der Waals surface area contributed by atoms with E-state index in [1.54, 1.807) is 30.6 Å². The van der Waals surface area contributed by atoms with E-state index >= 15 is 0 Å². The molecular formula is C31H33Cl2N7O4. The van der Waals surface area contributed by atoms with Gasteiger partial charge in [0.2, 0.25) is 11.9 Å². The molecule has 2 aromatic heterocycles. The van der Waals surface area contributed by atoms with Gasteiger partial charge in [0.05, 0.1) is 25.5 Å². The van der Waals surface area contributed by atoms with E-state index in [9.17, 15) is 9.59 Å². The first-order valence-electron chi connectivity index (χ1n) is 14.0. The molecule has 1 aliphatic rings. The number of anilines is 1. The van der Waals surface area contributed by atoms with Gasteiger partial charge in [-0.2, -0.15) is 0 Å². The largest absolute Gasteiger partial charge is 0.383 e. The maximum absolute atomic E-state index is 13.0. The first kappa shape index (κ1) is 31.4. The van der Waals surface area contributed by atoms with Crippen LogP contribution in [0.3, 0.4) is 0 Å². The van der Waals surface area contributed by atoms with E-state index < -0.39 is 6.04 Å². The highest BCUT2D eigenvalue weighted by atomic mass is 35.5. The van der Waals surface area contributed by atoms with Crippen LogP contribution >= 0.6 is 23.2 Å². The maximum atomic E-state index is 13.0. The first-order valence-corrected chi connectivity index (χ1v) is 14.8. The summed E-state index contributed by atoms with van der Waals surface area (Å²) in [6.07, 6.45) is 3.50. The van der Waals surface area contributed by atoms with Gasteiger partial charge in [-0.05, 0) is 41.0 Å².